The van der Waals surface area contributed by atoms with Gasteiger partial charge in [-0.15, -0.1) is 0 Å². The molecule has 0 aliphatic carbocycles. The van der Waals surface area contributed by atoms with Crippen LogP contribution < -0.4 is 0 Å². The van der Waals surface area contributed by atoms with Crippen LogP contribution in [0.3, 0.4) is 0 Å². The normalized spacial score (nSPS) is 16.6. The summed E-state index contributed by atoms with van der Waals surface area (Å²) in [5.74, 6) is -1.68. The maximum atomic E-state index is 13.6. The van der Waals surface area contributed by atoms with Crippen molar-refractivity contribution in [1.29, 1.82) is 0 Å². The number of pyridine rings is 1. The first kappa shape index (κ1) is 17.5. The fourth-order valence-electron chi connectivity index (χ4n) is 3.62. The summed E-state index contributed by atoms with van der Waals surface area (Å²) in [6.45, 7) is 0.226. The van der Waals surface area contributed by atoms with Gasteiger partial charge in [-0.05, 0) is 18.2 Å². The number of hydrogen-bond donors (Lipinski definition) is 1. The fraction of sp³-hybridized carbons (Fsp3) is 0.222. The second kappa shape index (κ2) is 6.47. The van der Waals surface area contributed by atoms with Gasteiger partial charge in [0.05, 0.1) is 23.2 Å². The van der Waals surface area contributed by atoms with Gasteiger partial charge < -0.3 is 14.3 Å². The lowest BCUT2D eigenvalue weighted by Crippen LogP contribution is -2.41. The number of carbonyl (C=O) groups excluding carboxylic acids is 1. The van der Waals surface area contributed by atoms with E-state index in [1.54, 1.807) is 6.07 Å². The number of rotatable bonds is 3. The van der Waals surface area contributed by atoms with Crippen LogP contribution in [0, 0.1) is 5.82 Å². The number of nitrogens with zero attached hydrogens (tertiary/aromatic N) is 5. The Morgan fingerprint density at radius 3 is 3.00 bits per heavy atom. The number of imidazole rings is 1. The molecule has 1 N–H and O–H groups in total. The molecule has 0 saturated carbocycles. The third kappa shape index (κ3) is 2.77. The average molecular weight is 402 g/mol. The first-order chi connectivity index (χ1) is 14.0. The van der Waals surface area contributed by atoms with Gasteiger partial charge in [0, 0.05) is 24.9 Å². The van der Waals surface area contributed by atoms with Gasteiger partial charge in [0.25, 0.3) is 12.3 Å². The lowest BCUT2D eigenvalue weighted by molar-refractivity contribution is 0.0639. The molecule has 1 amide bonds. The van der Waals surface area contributed by atoms with E-state index in [1.165, 1.54) is 34.1 Å². The topological polar surface area (TPSA) is 92.3 Å². The van der Waals surface area contributed by atoms with Gasteiger partial charge in [0.15, 0.2) is 12.1 Å². The molecule has 148 valence electrons. The molecule has 0 unspecified atom stereocenters. The van der Waals surface area contributed by atoms with Crippen molar-refractivity contribution in [3.05, 3.63) is 71.5 Å². The Morgan fingerprint density at radius 1 is 1.31 bits per heavy atom. The zero-order valence-corrected chi connectivity index (χ0v) is 14.7. The third-order valence-corrected chi connectivity index (χ3v) is 4.91. The number of carbonyl (C=O) groups is 1. The first-order valence-electron chi connectivity index (χ1n) is 8.72. The van der Waals surface area contributed by atoms with E-state index in [-0.39, 0.29) is 6.54 Å². The Labute approximate surface area is 161 Å². The standard InChI is InChI=1S/C18H13F3N6O2/c19-9-1-4-27-10(5-9)6-12(25-27)15-13-11(22-7-23-13)2-3-26(15)18(28)16-14(17(20)21)24-8-29-16/h1,4-8,15,17H,2-3H2,(H,22,23)/t15-/m0/s1. The summed E-state index contributed by atoms with van der Waals surface area (Å²) < 4.78 is 46.5. The minimum absolute atomic E-state index is 0.226. The van der Waals surface area contributed by atoms with Crippen LogP contribution >= 0.6 is 0 Å². The Balaban J connectivity index is 1.62. The van der Waals surface area contributed by atoms with Crippen LogP contribution in [-0.2, 0) is 6.42 Å². The molecule has 8 nitrogen and oxygen atoms in total. The highest BCUT2D eigenvalue weighted by molar-refractivity contribution is 5.93. The summed E-state index contributed by atoms with van der Waals surface area (Å²) >= 11 is 0. The van der Waals surface area contributed by atoms with E-state index in [1.807, 2.05) is 0 Å². The van der Waals surface area contributed by atoms with Gasteiger partial charge in [0.1, 0.15) is 11.9 Å². The first-order valence-corrected chi connectivity index (χ1v) is 8.72. The molecular weight excluding hydrogens is 389 g/mol. The largest absolute Gasteiger partial charge is 0.438 e. The van der Waals surface area contributed by atoms with E-state index < -0.39 is 35.6 Å². The number of aromatic amines is 1. The Kier molecular flexibility index (Phi) is 3.89. The number of oxazole rings is 1. The molecule has 0 fully saturated rings. The highest BCUT2D eigenvalue weighted by Crippen LogP contribution is 2.35. The summed E-state index contributed by atoms with van der Waals surface area (Å²) in [6.07, 6.45) is 1.29. The van der Waals surface area contributed by atoms with Crippen molar-refractivity contribution in [1.82, 2.24) is 29.5 Å². The predicted octanol–water partition coefficient (Wildman–Crippen LogP) is 2.91. The summed E-state index contributed by atoms with van der Waals surface area (Å²) in [5, 5.41) is 4.44. The molecule has 0 saturated heterocycles. The maximum Gasteiger partial charge on any atom is 0.292 e. The molecule has 0 bridgehead atoms. The number of nitrogens with one attached hydrogen (secondary N) is 1. The van der Waals surface area contributed by atoms with Gasteiger partial charge in [-0.2, -0.15) is 5.10 Å². The zero-order chi connectivity index (χ0) is 20.1. The maximum absolute atomic E-state index is 13.6. The molecule has 4 aromatic heterocycles. The van der Waals surface area contributed by atoms with E-state index in [0.717, 1.165) is 12.1 Å². The minimum atomic E-state index is -2.95. The number of aromatic nitrogens is 5. The van der Waals surface area contributed by atoms with Crippen LogP contribution in [-0.4, -0.2) is 41.9 Å². The van der Waals surface area contributed by atoms with Crippen molar-refractivity contribution in [2.45, 2.75) is 18.9 Å². The van der Waals surface area contributed by atoms with Crippen molar-refractivity contribution in [2.24, 2.45) is 0 Å². The molecule has 4 aromatic rings. The lowest BCUT2D eigenvalue weighted by Gasteiger charge is -2.33. The summed E-state index contributed by atoms with van der Waals surface area (Å²) in [4.78, 5) is 25.3. The molecule has 1 aliphatic rings. The molecular formula is C18H13F3N6O2. The lowest BCUT2D eigenvalue weighted by atomic mass is 9.99. The number of H-pyrrole nitrogens is 1. The molecule has 5 heterocycles. The Hall–Kier alpha value is -3.63. The minimum Gasteiger partial charge on any atom is -0.438 e. The van der Waals surface area contributed by atoms with Crippen molar-refractivity contribution in [3.63, 3.8) is 0 Å². The second-order valence-corrected chi connectivity index (χ2v) is 6.57. The van der Waals surface area contributed by atoms with Crippen LogP contribution in [0.2, 0.25) is 0 Å². The molecule has 11 heteroatoms. The van der Waals surface area contributed by atoms with Crippen LogP contribution in [0.25, 0.3) is 5.52 Å². The Bertz CT molecular complexity index is 1210. The summed E-state index contributed by atoms with van der Waals surface area (Å²) in [7, 11) is 0. The molecule has 0 aromatic carbocycles. The smallest absolute Gasteiger partial charge is 0.292 e. The van der Waals surface area contributed by atoms with E-state index >= 15 is 0 Å². The van der Waals surface area contributed by atoms with Crippen molar-refractivity contribution < 1.29 is 22.4 Å². The van der Waals surface area contributed by atoms with Crippen LogP contribution in [0.15, 0.2) is 41.5 Å². The van der Waals surface area contributed by atoms with Crippen LogP contribution in [0.4, 0.5) is 13.2 Å². The third-order valence-electron chi connectivity index (χ3n) is 4.91. The highest BCUT2D eigenvalue weighted by atomic mass is 19.3. The van der Waals surface area contributed by atoms with E-state index in [0.29, 0.717) is 23.3 Å². The number of halogens is 3. The van der Waals surface area contributed by atoms with Gasteiger partial charge in [-0.25, -0.2) is 27.7 Å². The molecule has 29 heavy (non-hydrogen) atoms. The van der Waals surface area contributed by atoms with Crippen molar-refractivity contribution >= 4 is 11.4 Å². The molecule has 5 rings (SSSR count). The second-order valence-electron chi connectivity index (χ2n) is 6.57. The summed E-state index contributed by atoms with van der Waals surface area (Å²) in [6, 6.07) is 3.45. The van der Waals surface area contributed by atoms with E-state index in [4.69, 9.17) is 4.42 Å². The average Bonchev–Trinajstić information content (AvgIpc) is 3.43. The van der Waals surface area contributed by atoms with Gasteiger partial charge in [0.2, 0.25) is 5.76 Å². The number of hydrogen-bond acceptors (Lipinski definition) is 5. The fourth-order valence-corrected chi connectivity index (χ4v) is 3.62. The molecule has 1 aliphatic heterocycles. The Morgan fingerprint density at radius 2 is 2.17 bits per heavy atom. The predicted molar refractivity (Wildman–Crippen MR) is 91.8 cm³/mol. The van der Waals surface area contributed by atoms with Gasteiger partial charge in [-0.1, -0.05) is 0 Å². The number of fused-ring (bicyclic) bond motifs is 2. The van der Waals surface area contributed by atoms with E-state index in [2.05, 4.69) is 20.1 Å². The quantitative estimate of drug-likeness (QED) is 0.569. The zero-order valence-electron chi connectivity index (χ0n) is 14.7. The van der Waals surface area contributed by atoms with Crippen LogP contribution in [0.5, 0.6) is 0 Å². The molecule has 0 radical (unpaired) electrons. The number of amides is 1. The monoisotopic (exact) mass is 402 g/mol. The van der Waals surface area contributed by atoms with E-state index in [9.17, 15) is 18.0 Å². The SMILES string of the molecule is O=C(c1ocnc1C(F)F)N1CCc2[nH]cnc2[C@@H]1c1cc2cc(F)ccn2n1. The molecule has 0 spiro atoms. The highest BCUT2D eigenvalue weighted by Gasteiger charge is 2.39. The van der Waals surface area contributed by atoms with Gasteiger partial charge in [-0.3, -0.25) is 4.79 Å². The van der Waals surface area contributed by atoms with Crippen molar-refractivity contribution in [2.75, 3.05) is 6.54 Å². The van der Waals surface area contributed by atoms with Gasteiger partial charge >= 0.3 is 0 Å². The number of alkyl halides is 2. The molecule has 1 atom stereocenters. The van der Waals surface area contributed by atoms with Crippen LogP contribution in [0.1, 0.15) is 45.8 Å². The summed E-state index contributed by atoms with van der Waals surface area (Å²) in [5.41, 5.74) is 1.57. The van der Waals surface area contributed by atoms with Crippen molar-refractivity contribution in [3.8, 4) is 0 Å².